The van der Waals surface area contributed by atoms with Gasteiger partial charge in [0.05, 0.1) is 0 Å². The van der Waals surface area contributed by atoms with Gasteiger partial charge in [0.2, 0.25) is 0 Å². The van der Waals surface area contributed by atoms with Crippen molar-refractivity contribution in [1.29, 1.82) is 0 Å². The molecule has 0 bridgehead atoms. The first kappa shape index (κ1) is 8.38. The second kappa shape index (κ2) is 3.26. The van der Waals surface area contributed by atoms with E-state index in [1.165, 1.54) is 0 Å². The molecular weight excluding hydrogens is 164 g/mol. The van der Waals surface area contributed by atoms with Crippen LogP contribution in [0.4, 0.5) is 5.69 Å². The number of hydrogen-bond acceptors (Lipinski definition) is 3. The van der Waals surface area contributed by atoms with Crippen molar-refractivity contribution in [2.45, 2.75) is 6.54 Å². The van der Waals surface area contributed by atoms with E-state index in [1.54, 1.807) is 0 Å². The van der Waals surface area contributed by atoms with Crippen molar-refractivity contribution < 1.29 is 4.74 Å². The number of rotatable bonds is 0. The Morgan fingerprint density at radius 1 is 1.46 bits per heavy atom. The summed E-state index contributed by atoms with van der Waals surface area (Å²) in [5.74, 6) is 0.935. The Morgan fingerprint density at radius 2 is 2.31 bits per heavy atom. The molecule has 0 aromatic heterocycles. The summed E-state index contributed by atoms with van der Waals surface area (Å²) in [7, 11) is 2.07. The lowest BCUT2D eigenvalue weighted by atomic mass is 10.1. The lowest BCUT2D eigenvalue weighted by Gasteiger charge is -2.12. The van der Waals surface area contributed by atoms with Crippen LogP contribution in [0.25, 0.3) is 0 Å². The Morgan fingerprint density at radius 3 is 3.15 bits per heavy atom. The molecule has 0 fully saturated rings. The van der Waals surface area contributed by atoms with Crippen LogP contribution in [0.3, 0.4) is 0 Å². The summed E-state index contributed by atoms with van der Waals surface area (Å²) in [6.07, 6.45) is 0. The quantitative estimate of drug-likeness (QED) is 0.604. The van der Waals surface area contributed by atoms with Crippen molar-refractivity contribution in [3.63, 3.8) is 0 Å². The second-order valence-electron chi connectivity index (χ2n) is 3.41. The molecule has 1 aliphatic heterocycles. The van der Waals surface area contributed by atoms with E-state index < -0.39 is 0 Å². The van der Waals surface area contributed by atoms with E-state index in [-0.39, 0.29) is 0 Å². The van der Waals surface area contributed by atoms with Crippen LogP contribution in [0.15, 0.2) is 18.2 Å². The number of anilines is 1. The highest BCUT2D eigenvalue weighted by Crippen LogP contribution is 2.27. The Hall–Kier alpha value is -1.22. The fourth-order valence-corrected chi connectivity index (χ4v) is 1.55. The molecule has 0 atom stereocenters. The lowest BCUT2D eigenvalue weighted by Crippen LogP contribution is -2.20. The van der Waals surface area contributed by atoms with E-state index in [0.29, 0.717) is 0 Å². The van der Waals surface area contributed by atoms with Crippen molar-refractivity contribution in [1.82, 2.24) is 4.90 Å². The maximum absolute atomic E-state index is 5.87. The van der Waals surface area contributed by atoms with Gasteiger partial charge < -0.3 is 10.5 Å². The van der Waals surface area contributed by atoms with Crippen LogP contribution in [0.1, 0.15) is 5.56 Å². The lowest BCUT2D eigenvalue weighted by molar-refractivity contribution is 0.259. The minimum Gasteiger partial charge on any atom is -0.492 e. The van der Waals surface area contributed by atoms with Gasteiger partial charge in [0.25, 0.3) is 0 Å². The molecule has 1 aromatic carbocycles. The van der Waals surface area contributed by atoms with Gasteiger partial charge in [0, 0.05) is 24.3 Å². The number of hydrogen-bond donors (Lipinski definition) is 1. The fourth-order valence-electron chi connectivity index (χ4n) is 1.55. The number of nitrogens with two attached hydrogens (primary N) is 1. The smallest absolute Gasteiger partial charge is 0.125 e. The van der Waals surface area contributed by atoms with E-state index in [1.807, 2.05) is 18.2 Å². The standard InChI is InChI=1S/C10H14N2O/c1-12-5-6-13-10-4-2-3-9(11)8(10)7-12/h2-4H,5-7,11H2,1H3. The second-order valence-corrected chi connectivity index (χ2v) is 3.41. The molecule has 13 heavy (non-hydrogen) atoms. The Labute approximate surface area is 78.1 Å². The molecule has 3 heteroatoms. The monoisotopic (exact) mass is 178 g/mol. The topological polar surface area (TPSA) is 38.5 Å². The average molecular weight is 178 g/mol. The van der Waals surface area contributed by atoms with Gasteiger partial charge in [-0.15, -0.1) is 0 Å². The van der Waals surface area contributed by atoms with Gasteiger partial charge in [-0.3, -0.25) is 4.90 Å². The summed E-state index contributed by atoms with van der Waals surface area (Å²) >= 11 is 0. The van der Waals surface area contributed by atoms with Gasteiger partial charge in [0.1, 0.15) is 12.4 Å². The Balaban J connectivity index is 2.40. The van der Waals surface area contributed by atoms with Crippen molar-refractivity contribution in [3.05, 3.63) is 23.8 Å². The largest absolute Gasteiger partial charge is 0.492 e. The summed E-state index contributed by atoms with van der Waals surface area (Å²) in [5, 5.41) is 0. The summed E-state index contributed by atoms with van der Waals surface area (Å²) < 4.78 is 5.58. The first-order valence-electron chi connectivity index (χ1n) is 4.46. The molecule has 2 N–H and O–H groups in total. The molecule has 0 amide bonds. The van der Waals surface area contributed by atoms with E-state index >= 15 is 0 Å². The molecule has 0 saturated heterocycles. The molecule has 70 valence electrons. The van der Waals surface area contributed by atoms with Crippen LogP contribution < -0.4 is 10.5 Å². The van der Waals surface area contributed by atoms with E-state index in [2.05, 4.69) is 11.9 Å². The zero-order valence-corrected chi connectivity index (χ0v) is 7.79. The molecule has 1 aromatic rings. The van der Waals surface area contributed by atoms with E-state index in [4.69, 9.17) is 10.5 Å². The van der Waals surface area contributed by atoms with Gasteiger partial charge in [-0.05, 0) is 19.2 Å². The highest BCUT2D eigenvalue weighted by molar-refractivity contribution is 5.54. The van der Waals surface area contributed by atoms with Crippen LogP contribution in [-0.2, 0) is 6.54 Å². The fraction of sp³-hybridized carbons (Fsp3) is 0.400. The van der Waals surface area contributed by atoms with Gasteiger partial charge >= 0.3 is 0 Å². The third kappa shape index (κ3) is 1.60. The van der Waals surface area contributed by atoms with E-state index in [9.17, 15) is 0 Å². The van der Waals surface area contributed by atoms with Gasteiger partial charge in [-0.25, -0.2) is 0 Å². The summed E-state index contributed by atoms with van der Waals surface area (Å²) in [5.41, 5.74) is 7.80. The molecular formula is C10H14N2O. The van der Waals surface area contributed by atoms with Crippen molar-refractivity contribution in [2.75, 3.05) is 25.9 Å². The minimum absolute atomic E-state index is 0.743. The molecule has 0 unspecified atom stereocenters. The summed E-state index contributed by atoms with van der Waals surface area (Å²) in [4.78, 5) is 2.21. The first-order valence-corrected chi connectivity index (χ1v) is 4.46. The summed E-state index contributed by atoms with van der Waals surface area (Å²) in [6.45, 7) is 2.57. The SMILES string of the molecule is CN1CCOc2cccc(N)c2C1. The van der Waals surface area contributed by atoms with Crippen LogP contribution in [0, 0.1) is 0 Å². The van der Waals surface area contributed by atoms with Crippen molar-refractivity contribution in [2.24, 2.45) is 0 Å². The van der Waals surface area contributed by atoms with Crippen molar-refractivity contribution >= 4 is 5.69 Å². The van der Waals surface area contributed by atoms with E-state index in [0.717, 1.165) is 36.7 Å². The zero-order chi connectivity index (χ0) is 9.26. The predicted octanol–water partition coefficient (Wildman–Crippen LogP) is 1.09. The van der Waals surface area contributed by atoms with Crippen LogP contribution >= 0.6 is 0 Å². The van der Waals surface area contributed by atoms with Crippen LogP contribution in [0.5, 0.6) is 5.75 Å². The summed E-state index contributed by atoms with van der Waals surface area (Å²) in [6, 6.07) is 5.83. The Bertz CT molecular complexity index is 312. The number of nitrogens with zero attached hydrogens (tertiary/aromatic N) is 1. The molecule has 2 rings (SSSR count). The first-order chi connectivity index (χ1) is 6.27. The number of nitrogen functional groups attached to an aromatic ring is 1. The highest BCUT2D eigenvalue weighted by Gasteiger charge is 2.13. The van der Waals surface area contributed by atoms with Crippen LogP contribution in [-0.4, -0.2) is 25.1 Å². The highest BCUT2D eigenvalue weighted by atomic mass is 16.5. The number of ether oxygens (including phenoxy) is 1. The molecule has 1 aliphatic rings. The third-order valence-corrected chi connectivity index (χ3v) is 2.33. The zero-order valence-electron chi connectivity index (χ0n) is 7.79. The molecule has 3 nitrogen and oxygen atoms in total. The number of fused-ring (bicyclic) bond motifs is 1. The molecule has 0 spiro atoms. The molecule has 0 radical (unpaired) electrons. The maximum atomic E-state index is 5.87. The minimum atomic E-state index is 0.743. The molecule has 0 saturated carbocycles. The average Bonchev–Trinajstić information content (AvgIpc) is 2.28. The third-order valence-electron chi connectivity index (χ3n) is 2.33. The van der Waals surface area contributed by atoms with Gasteiger partial charge in [-0.2, -0.15) is 0 Å². The normalized spacial score (nSPS) is 17.3. The predicted molar refractivity (Wildman–Crippen MR) is 52.7 cm³/mol. The van der Waals surface area contributed by atoms with Gasteiger partial charge in [-0.1, -0.05) is 6.07 Å². The van der Waals surface area contributed by atoms with Crippen LogP contribution in [0.2, 0.25) is 0 Å². The van der Waals surface area contributed by atoms with Crippen molar-refractivity contribution in [3.8, 4) is 5.75 Å². The maximum Gasteiger partial charge on any atom is 0.125 e. The van der Waals surface area contributed by atoms with Gasteiger partial charge in [0.15, 0.2) is 0 Å². The number of likely N-dealkylation sites (N-methyl/N-ethyl adjacent to an activating group) is 1. The number of benzene rings is 1. The Kier molecular flexibility index (Phi) is 2.10. The molecule has 0 aliphatic carbocycles. The molecule has 1 heterocycles.